The van der Waals surface area contributed by atoms with E-state index in [1.165, 1.54) is 12.5 Å². The number of phenolic OH excluding ortho intramolecular Hbond substituents is 2. The maximum Gasteiger partial charge on any atom is 0.173 e. The van der Waals surface area contributed by atoms with E-state index in [1.807, 2.05) is 19.9 Å². The Labute approximate surface area is 174 Å². The highest BCUT2D eigenvalue weighted by atomic mass is 16.5. The molecule has 0 amide bonds. The van der Waals surface area contributed by atoms with E-state index >= 15 is 0 Å². The zero-order valence-electron chi connectivity index (χ0n) is 18.7. The molecule has 0 aliphatic carbocycles. The molecule has 0 aliphatic rings. The minimum Gasteiger partial charge on any atom is -0.507 e. The van der Waals surface area contributed by atoms with Crippen LogP contribution in [-0.2, 0) is 0 Å². The van der Waals surface area contributed by atoms with E-state index < -0.39 is 17.3 Å². The third-order valence-corrected chi connectivity index (χ3v) is 5.04. The van der Waals surface area contributed by atoms with Crippen molar-refractivity contribution in [2.24, 2.45) is 5.92 Å². The number of ketones is 2. The molecule has 0 heterocycles. The fourth-order valence-corrected chi connectivity index (χ4v) is 2.96. The lowest BCUT2D eigenvalue weighted by molar-refractivity contribution is 0.0921. The summed E-state index contributed by atoms with van der Waals surface area (Å²) in [6, 6.07) is 0. The van der Waals surface area contributed by atoms with Crippen molar-refractivity contribution in [3.05, 3.63) is 40.0 Å². The van der Waals surface area contributed by atoms with Gasteiger partial charge in [0.1, 0.15) is 35.0 Å². The Kier molecular flexibility index (Phi) is 9.15. The van der Waals surface area contributed by atoms with Crippen LogP contribution in [0.15, 0.2) is 23.3 Å². The number of allylic oxidation sites excluding steroid dienone is 3. The highest BCUT2D eigenvalue weighted by Gasteiger charge is 2.30. The van der Waals surface area contributed by atoms with Gasteiger partial charge in [-0.05, 0) is 60.0 Å². The quantitative estimate of drug-likeness (QED) is 0.375. The van der Waals surface area contributed by atoms with Crippen LogP contribution in [0.4, 0.5) is 0 Å². The van der Waals surface area contributed by atoms with Crippen molar-refractivity contribution in [3.8, 4) is 17.2 Å². The van der Waals surface area contributed by atoms with Crippen molar-refractivity contribution in [1.82, 2.24) is 0 Å². The second-order valence-electron chi connectivity index (χ2n) is 7.81. The highest BCUT2D eigenvalue weighted by Crippen LogP contribution is 2.43. The van der Waals surface area contributed by atoms with Crippen LogP contribution >= 0.6 is 0 Å². The Morgan fingerprint density at radius 2 is 1.66 bits per heavy atom. The molecule has 0 aromatic heterocycles. The van der Waals surface area contributed by atoms with Crippen molar-refractivity contribution < 1.29 is 24.5 Å². The first-order valence-corrected chi connectivity index (χ1v) is 10.1. The monoisotopic (exact) mass is 402 g/mol. The van der Waals surface area contributed by atoms with Crippen molar-refractivity contribution in [2.75, 3.05) is 6.61 Å². The first-order chi connectivity index (χ1) is 13.5. The summed E-state index contributed by atoms with van der Waals surface area (Å²) in [6.45, 7) is 12.8. The second-order valence-corrected chi connectivity index (χ2v) is 7.81. The molecule has 0 bridgehead atoms. The van der Waals surface area contributed by atoms with Crippen LogP contribution in [0.5, 0.6) is 17.2 Å². The van der Waals surface area contributed by atoms with Gasteiger partial charge >= 0.3 is 0 Å². The summed E-state index contributed by atoms with van der Waals surface area (Å²) in [4.78, 5) is 24.8. The summed E-state index contributed by atoms with van der Waals surface area (Å²) in [7, 11) is 0. The molecule has 29 heavy (non-hydrogen) atoms. The number of carbonyl (C=O) groups is 2. The lowest BCUT2D eigenvalue weighted by Crippen LogP contribution is -2.14. The zero-order valence-corrected chi connectivity index (χ0v) is 18.7. The first kappa shape index (κ1) is 24.5. The van der Waals surface area contributed by atoms with Crippen molar-refractivity contribution in [3.63, 3.8) is 0 Å². The van der Waals surface area contributed by atoms with E-state index in [0.29, 0.717) is 6.42 Å². The maximum atomic E-state index is 12.6. The van der Waals surface area contributed by atoms with Crippen LogP contribution in [-0.4, -0.2) is 28.4 Å². The molecule has 1 aromatic carbocycles. The first-order valence-electron chi connectivity index (χ1n) is 10.1. The normalized spacial score (nSPS) is 12.4. The molecule has 0 aliphatic heterocycles. The fraction of sp³-hybridized carbons (Fsp3) is 0.500. The largest absolute Gasteiger partial charge is 0.507 e. The molecule has 0 saturated carbocycles. The Bertz CT molecular complexity index is 826. The molecular weight excluding hydrogens is 368 g/mol. The molecule has 1 unspecified atom stereocenters. The van der Waals surface area contributed by atoms with Crippen LogP contribution in [0.1, 0.15) is 87.1 Å². The van der Waals surface area contributed by atoms with E-state index in [1.54, 1.807) is 13.8 Å². The van der Waals surface area contributed by atoms with E-state index in [0.717, 1.165) is 18.4 Å². The van der Waals surface area contributed by atoms with Crippen LogP contribution in [0.3, 0.4) is 0 Å². The van der Waals surface area contributed by atoms with E-state index in [9.17, 15) is 19.8 Å². The number of ether oxygens (including phenoxy) is 1. The lowest BCUT2D eigenvalue weighted by Gasteiger charge is -2.19. The zero-order chi connectivity index (χ0) is 22.3. The Hall–Kier alpha value is -2.56. The van der Waals surface area contributed by atoms with Crippen molar-refractivity contribution >= 4 is 11.6 Å². The van der Waals surface area contributed by atoms with Gasteiger partial charge in [-0.2, -0.15) is 0 Å². The molecule has 0 spiro atoms. The number of hydrogen-bond acceptors (Lipinski definition) is 5. The average molecular weight is 403 g/mol. The van der Waals surface area contributed by atoms with Crippen molar-refractivity contribution in [1.29, 1.82) is 0 Å². The van der Waals surface area contributed by atoms with Crippen molar-refractivity contribution in [2.45, 2.75) is 67.7 Å². The summed E-state index contributed by atoms with van der Waals surface area (Å²) in [5.74, 6) is -1.94. The second kappa shape index (κ2) is 10.8. The number of hydrogen-bond donors (Lipinski definition) is 2. The van der Waals surface area contributed by atoms with Gasteiger partial charge in [-0.1, -0.05) is 31.1 Å². The molecular formula is C24H34O5. The van der Waals surface area contributed by atoms with Crippen LogP contribution in [0, 0.1) is 12.8 Å². The van der Waals surface area contributed by atoms with Crippen LogP contribution in [0.25, 0.3) is 0 Å². The minimum absolute atomic E-state index is 0.0671. The Morgan fingerprint density at radius 3 is 2.17 bits per heavy atom. The predicted molar refractivity (Wildman–Crippen MR) is 116 cm³/mol. The number of Topliss-reactive ketones (excluding diaryl/α,β-unsaturated/α-hetero) is 2. The van der Waals surface area contributed by atoms with Gasteiger partial charge in [0.25, 0.3) is 0 Å². The summed E-state index contributed by atoms with van der Waals surface area (Å²) in [6.07, 6.45) is 6.47. The fourth-order valence-electron chi connectivity index (χ4n) is 2.96. The van der Waals surface area contributed by atoms with Gasteiger partial charge in [0, 0.05) is 11.5 Å². The third-order valence-electron chi connectivity index (χ3n) is 5.04. The molecule has 0 saturated heterocycles. The standard InChI is InChI=1S/C24H34O5/c1-8-16(5)21(26)20-22(27)17(6)24(19(18(7)25)23(20)28)29-13-12-15(4)11-9-10-14(2)3/h10,12,16,27-28H,8-9,11,13H2,1-7H3/b15-12+. The smallest absolute Gasteiger partial charge is 0.173 e. The van der Waals surface area contributed by atoms with E-state index in [2.05, 4.69) is 19.9 Å². The van der Waals surface area contributed by atoms with Crippen LogP contribution in [0.2, 0.25) is 0 Å². The molecule has 0 radical (unpaired) electrons. The number of phenols is 2. The summed E-state index contributed by atoms with van der Waals surface area (Å²) < 4.78 is 5.77. The SMILES string of the molecule is CCC(C)C(=O)c1c(O)c(C)c(OC/C=C(\C)CCC=C(C)C)c(C(C)=O)c1O. The van der Waals surface area contributed by atoms with Gasteiger partial charge in [-0.15, -0.1) is 0 Å². The number of benzene rings is 1. The van der Waals surface area contributed by atoms with Gasteiger partial charge in [-0.3, -0.25) is 9.59 Å². The van der Waals surface area contributed by atoms with Gasteiger partial charge in [0.15, 0.2) is 11.6 Å². The lowest BCUT2D eigenvalue weighted by atomic mass is 9.90. The molecule has 5 nitrogen and oxygen atoms in total. The predicted octanol–water partition coefficient (Wildman–Crippen LogP) is 5.91. The maximum absolute atomic E-state index is 12.6. The molecule has 1 atom stereocenters. The molecule has 1 rings (SSSR count). The number of carbonyl (C=O) groups excluding carboxylic acids is 2. The summed E-state index contributed by atoms with van der Waals surface area (Å²) >= 11 is 0. The van der Waals surface area contributed by atoms with Gasteiger partial charge in [0.2, 0.25) is 0 Å². The van der Waals surface area contributed by atoms with Gasteiger partial charge in [-0.25, -0.2) is 0 Å². The molecule has 1 aromatic rings. The van der Waals surface area contributed by atoms with Gasteiger partial charge in [0.05, 0.1) is 0 Å². The van der Waals surface area contributed by atoms with Gasteiger partial charge < -0.3 is 14.9 Å². The average Bonchev–Trinajstić information content (AvgIpc) is 2.64. The molecule has 0 fully saturated rings. The molecule has 160 valence electrons. The Morgan fingerprint density at radius 1 is 1.03 bits per heavy atom. The van der Waals surface area contributed by atoms with E-state index in [-0.39, 0.29) is 40.7 Å². The Balaban J connectivity index is 3.23. The third kappa shape index (κ3) is 6.21. The molecule has 5 heteroatoms. The highest BCUT2D eigenvalue weighted by molar-refractivity contribution is 6.09. The van der Waals surface area contributed by atoms with E-state index in [4.69, 9.17) is 4.74 Å². The number of rotatable bonds is 10. The van der Waals surface area contributed by atoms with Crippen LogP contribution < -0.4 is 4.74 Å². The summed E-state index contributed by atoms with van der Waals surface area (Å²) in [5, 5.41) is 21.2. The number of aromatic hydroxyl groups is 2. The molecule has 2 N–H and O–H groups in total. The summed E-state index contributed by atoms with van der Waals surface area (Å²) in [5.41, 5.74) is 2.41. The topological polar surface area (TPSA) is 83.8 Å². The minimum atomic E-state index is -0.509.